The molecule has 27 heavy (non-hydrogen) atoms. The average Bonchev–Trinajstić information content (AvgIpc) is 3.38. The van der Waals surface area contributed by atoms with Crippen molar-refractivity contribution in [1.29, 1.82) is 0 Å². The molecule has 3 aliphatic heterocycles. The molecule has 3 saturated heterocycles. The summed E-state index contributed by atoms with van der Waals surface area (Å²) in [5, 5.41) is 4.60. The largest absolute Gasteiger partial charge is 0.485 e. The number of urea groups is 1. The van der Waals surface area contributed by atoms with Crippen LogP contribution in [0.3, 0.4) is 0 Å². The zero-order valence-electron chi connectivity index (χ0n) is 15.0. The van der Waals surface area contributed by atoms with E-state index < -0.39 is 18.0 Å². The lowest BCUT2D eigenvalue weighted by molar-refractivity contribution is -0.133. The molecular weight excluding hydrogens is 350 g/mol. The zero-order valence-corrected chi connectivity index (χ0v) is 15.0. The Morgan fingerprint density at radius 2 is 2.07 bits per heavy atom. The van der Waals surface area contributed by atoms with Gasteiger partial charge in [0, 0.05) is 32.3 Å². The Kier molecular flexibility index (Phi) is 4.83. The van der Waals surface area contributed by atoms with E-state index in [1.807, 2.05) is 12.1 Å². The van der Waals surface area contributed by atoms with Crippen LogP contribution >= 0.6 is 0 Å². The molecular formula is C18H23N5O4. The molecule has 2 N–H and O–H groups in total. The number of anilines is 1. The number of carbonyl (C=O) groups excluding carboxylic acids is 3. The van der Waals surface area contributed by atoms with Crippen molar-refractivity contribution in [3.63, 3.8) is 0 Å². The molecule has 4 amide bonds. The van der Waals surface area contributed by atoms with Gasteiger partial charge in [0.1, 0.15) is 12.1 Å². The van der Waals surface area contributed by atoms with Gasteiger partial charge in [-0.3, -0.25) is 14.9 Å². The molecule has 4 heterocycles. The van der Waals surface area contributed by atoms with E-state index >= 15 is 0 Å². The van der Waals surface area contributed by atoms with Crippen LogP contribution in [0.2, 0.25) is 0 Å². The highest BCUT2D eigenvalue weighted by molar-refractivity contribution is 6.05. The molecule has 0 radical (unpaired) electrons. The second-order valence-corrected chi connectivity index (χ2v) is 7.11. The highest BCUT2D eigenvalue weighted by atomic mass is 16.5. The van der Waals surface area contributed by atoms with Gasteiger partial charge in [0.15, 0.2) is 11.6 Å². The van der Waals surface area contributed by atoms with E-state index in [1.54, 1.807) is 11.1 Å². The molecule has 4 rings (SSSR count). The van der Waals surface area contributed by atoms with Crippen LogP contribution in [0.15, 0.2) is 18.3 Å². The summed E-state index contributed by atoms with van der Waals surface area (Å²) in [4.78, 5) is 43.6. The maximum atomic E-state index is 12.4. The lowest BCUT2D eigenvalue weighted by atomic mass is 10.2. The second kappa shape index (κ2) is 7.42. The number of rotatable bonds is 5. The van der Waals surface area contributed by atoms with E-state index in [0.717, 1.165) is 43.9 Å². The Balaban J connectivity index is 1.34. The molecule has 9 heteroatoms. The number of ether oxygens (including phenoxy) is 1. The Hall–Kier alpha value is -2.84. The van der Waals surface area contributed by atoms with Crippen LogP contribution in [0.5, 0.6) is 5.75 Å². The van der Waals surface area contributed by atoms with E-state index in [0.29, 0.717) is 13.1 Å². The van der Waals surface area contributed by atoms with Crippen molar-refractivity contribution in [1.82, 2.24) is 20.5 Å². The fourth-order valence-electron chi connectivity index (χ4n) is 3.78. The molecule has 3 fully saturated rings. The minimum atomic E-state index is -0.787. The third kappa shape index (κ3) is 3.81. The number of imide groups is 1. The molecule has 3 aliphatic rings. The summed E-state index contributed by atoms with van der Waals surface area (Å²) in [7, 11) is 0. The number of amides is 4. The number of nitrogens with one attached hydrogen (secondary N) is 2. The molecule has 0 spiro atoms. The Morgan fingerprint density at radius 1 is 1.26 bits per heavy atom. The Labute approximate surface area is 157 Å². The molecule has 2 atom stereocenters. The van der Waals surface area contributed by atoms with Gasteiger partial charge in [-0.1, -0.05) is 0 Å². The first-order valence-corrected chi connectivity index (χ1v) is 9.36. The summed E-state index contributed by atoms with van der Waals surface area (Å²) in [5.41, 5.74) is 0. The van der Waals surface area contributed by atoms with Crippen LogP contribution in [0, 0.1) is 0 Å². The molecule has 9 nitrogen and oxygen atoms in total. The maximum absolute atomic E-state index is 12.4. The monoisotopic (exact) mass is 373 g/mol. The topological polar surface area (TPSA) is 104 Å². The maximum Gasteiger partial charge on any atom is 0.322 e. The lowest BCUT2D eigenvalue weighted by Crippen LogP contribution is -2.38. The summed E-state index contributed by atoms with van der Waals surface area (Å²) in [6.45, 7) is 3.01. The molecule has 0 aromatic carbocycles. The number of pyridine rings is 1. The summed E-state index contributed by atoms with van der Waals surface area (Å²) in [5.74, 6) is 1.01. The lowest BCUT2D eigenvalue weighted by Gasteiger charge is -2.22. The van der Waals surface area contributed by atoms with Gasteiger partial charge >= 0.3 is 6.03 Å². The average molecular weight is 373 g/mol. The van der Waals surface area contributed by atoms with Crippen LogP contribution in [0.4, 0.5) is 10.6 Å². The third-order valence-corrected chi connectivity index (χ3v) is 5.19. The third-order valence-electron chi connectivity index (χ3n) is 5.19. The predicted molar refractivity (Wildman–Crippen MR) is 96.4 cm³/mol. The number of carbonyl (C=O) groups is 3. The Bertz CT molecular complexity index is 749. The van der Waals surface area contributed by atoms with Crippen molar-refractivity contribution >= 4 is 23.7 Å². The van der Waals surface area contributed by atoms with E-state index in [1.165, 1.54) is 0 Å². The van der Waals surface area contributed by atoms with Crippen molar-refractivity contribution < 1.29 is 19.1 Å². The van der Waals surface area contributed by atoms with Gasteiger partial charge in [-0.15, -0.1) is 0 Å². The number of aromatic nitrogens is 1. The Morgan fingerprint density at radius 3 is 2.81 bits per heavy atom. The van der Waals surface area contributed by atoms with Gasteiger partial charge in [0.25, 0.3) is 5.91 Å². The fourth-order valence-corrected chi connectivity index (χ4v) is 3.78. The van der Waals surface area contributed by atoms with Crippen molar-refractivity contribution in [3.8, 4) is 5.75 Å². The minimum absolute atomic E-state index is 0.0315. The van der Waals surface area contributed by atoms with Crippen LogP contribution in [0.25, 0.3) is 0 Å². The van der Waals surface area contributed by atoms with Gasteiger partial charge in [-0.2, -0.15) is 0 Å². The first kappa shape index (κ1) is 17.6. The van der Waals surface area contributed by atoms with Gasteiger partial charge < -0.3 is 19.9 Å². The molecule has 1 aromatic heterocycles. The number of hydrogen-bond donors (Lipinski definition) is 2. The van der Waals surface area contributed by atoms with Crippen molar-refractivity contribution in [3.05, 3.63) is 18.3 Å². The van der Waals surface area contributed by atoms with Gasteiger partial charge in [-0.05, 0) is 25.0 Å². The van der Waals surface area contributed by atoms with Crippen LogP contribution in [-0.4, -0.2) is 66.1 Å². The molecule has 0 saturated carbocycles. The normalized spacial score (nSPS) is 24.9. The van der Waals surface area contributed by atoms with Crippen molar-refractivity contribution in [2.24, 2.45) is 0 Å². The van der Waals surface area contributed by atoms with E-state index in [4.69, 9.17) is 4.74 Å². The van der Waals surface area contributed by atoms with E-state index in [2.05, 4.69) is 20.5 Å². The minimum Gasteiger partial charge on any atom is -0.485 e. The molecule has 0 unspecified atom stereocenters. The van der Waals surface area contributed by atoms with Gasteiger partial charge in [0.2, 0.25) is 5.91 Å². The van der Waals surface area contributed by atoms with E-state index in [9.17, 15) is 14.4 Å². The molecule has 144 valence electrons. The SMILES string of the molecule is O=C1NC(=O)[C@H](CC(=O)N2CC[C@@H](Oc3cccnc3N3CCCC3)C2)N1. The van der Waals surface area contributed by atoms with Crippen LogP contribution < -0.4 is 20.3 Å². The number of nitrogens with zero attached hydrogens (tertiary/aromatic N) is 3. The highest BCUT2D eigenvalue weighted by Crippen LogP contribution is 2.30. The van der Waals surface area contributed by atoms with Crippen molar-refractivity contribution in [2.45, 2.75) is 37.8 Å². The predicted octanol–water partition coefficient (Wildman–Crippen LogP) is 0.260. The van der Waals surface area contributed by atoms with E-state index in [-0.39, 0.29) is 18.4 Å². The van der Waals surface area contributed by atoms with Crippen LogP contribution in [0.1, 0.15) is 25.7 Å². The first-order chi connectivity index (χ1) is 13.1. The molecule has 0 aliphatic carbocycles. The zero-order chi connectivity index (χ0) is 18.8. The highest BCUT2D eigenvalue weighted by Gasteiger charge is 2.35. The van der Waals surface area contributed by atoms with Crippen LogP contribution in [-0.2, 0) is 9.59 Å². The standard InChI is InChI=1S/C18H23N5O4/c24-15(10-13-17(25)21-18(26)20-13)23-9-5-12(11-23)27-14-4-3-6-19-16(14)22-7-1-2-8-22/h3-4,6,12-13H,1-2,5,7-11H2,(H2,20,21,25,26)/t12-,13+/m1/s1. The van der Waals surface area contributed by atoms with Gasteiger partial charge in [0.05, 0.1) is 13.0 Å². The quantitative estimate of drug-likeness (QED) is 0.718. The summed E-state index contributed by atoms with van der Waals surface area (Å²) >= 11 is 0. The number of likely N-dealkylation sites (tertiary alicyclic amines) is 1. The number of hydrogen-bond acceptors (Lipinski definition) is 6. The smallest absolute Gasteiger partial charge is 0.322 e. The fraction of sp³-hybridized carbons (Fsp3) is 0.556. The van der Waals surface area contributed by atoms with Gasteiger partial charge in [-0.25, -0.2) is 9.78 Å². The molecule has 0 bridgehead atoms. The molecule has 1 aromatic rings. The summed E-state index contributed by atoms with van der Waals surface area (Å²) in [6, 6.07) is 2.44. The first-order valence-electron chi connectivity index (χ1n) is 9.36. The second-order valence-electron chi connectivity index (χ2n) is 7.11. The summed E-state index contributed by atoms with van der Waals surface area (Å²) < 4.78 is 6.16. The summed E-state index contributed by atoms with van der Waals surface area (Å²) in [6.07, 6.45) is 4.68. The van der Waals surface area contributed by atoms with Crippen molar-refractivity contribution in [2.75, 3.05) is 31.1 Å².